The summed E-state index contributed by atoms with van der Waals surface area (Å²) < 4.78 is 40.2. The van der Waals surface area contributed by atoms with Crippen molar-refractivity contribution in [2.75, 3.05) is 13.2 Å². The van der Waals surface area contributed by atoms with Gasteiger partial charge in [-0.05, 0) is 72.4 Å². The van der Waals surface area contributed by atoms with Crippen LogP contribution in [0, 0.1) is 0 Å². The minimum atomic E-state index is -1.46. The van der Waals surface area contributed by atoms with Crippen LogP contribution in [-0.4, -0.2) is 48.3 Å². The van der Waals surface area contributed by atoms with Gasteiger partial charge in [0.05, 0.1) is 39.1 Å². The number of aliphatic hydroxyl groups excluding tert-OH is 1. The van der Waals surface area contributed by atoms with Gasteiger partial charge in [0.15, 0.2) is 0 Å². The van der Waals surface area contributed by atoms with Crippen LogP contribution >= 0.6 is 11.6 Å². The van der Waals surface area contributed by atoms with Gasteiger partial charge in [-0.25, -0.2) is 0 Å². The van der Waals surface area contributed by atoms with Crippen LogP contribution in [0.5, 0.6) is 5.75 Å². The van der Waals surface area contributed by atoms with E-state index in [1.807, 2.05) is 140 Å². The summed E-state index contributed by atoms with van der Waals surface area (Å²) in [7, 11) is 0. The molecule has 0 saturated carbocycles. The van der Waals surface area contributed by atoms with E-state index in [2.05, 4.69) is 0 Å². The zero-order chi connectivity index (χ0) is 36.0. The Labute approximate surface area is 311 Å². The number of benzene rings is 5. The van der Waals surface area contributed by atoms with E-state index in [4.69, 9.17) is 40.0 Å². The summed E-state index contributed by atoms with van der Waals surface area (Å²) in [6.45, 7) is 5.18. The van der Waals surface area contributed by atoms with Gasteiger partial charge in [0.1, 0.15) is 29.7 Å². The fourth-order valence-electron chi connectivity index (χ4n) is 7.16. The molecule has 1 N–H and O–H groups in total. The molecule has 1 unspecified atom stereocenters. The van der Waals surface area contributed by atoms with Gasteiger partial charge in [-0.15, -0.1) is 0 Å². The zero-order valence-corrected chi connectivity index (χ0v) is 30.3. The number of fused-ring (bicyclic) bond motifs is 2. The van der Waals surface area contributed by atoms with E-state index in [9.17, 15) is 5.11 Å². The Kier molecular flexibility index (Phi) is 11.4. The first-order valence-corrected chi connectivity index (χ1v) is 18.3. The van der Waals surface area contributed by atoms with Gasteiger partial charge in [0, 0.05) is 10.6 Å². The molecule has 2 fully saturated rings. The van der Waals surface area contributed by atoms with E-state index in [-0.39, 0.29) is 26.4 Å². The van der Waals surface area contributed by atoms with E-state index in [0.29, 0.717) is 23.6 Å². The lowest BCUT2D eigenvalue weighted by atomic mass is 9.80. The number of ether oxygens (including phenoxy) is 6. The van der Waals surface area contributed by atoms with Crippen LogP contribution in [-0.2, 0) is 55.7 Å². The molecule has 0 spiro atoms. The summed E-state index contributed by atoms with van der Waals surface area (Å²) in [5.74, 6) is -0.642. The highest BCUT2D eigenvalue weighted by atomic mass is 35.5. The molecule has 6 atom stereocenters. The Morgan fingerprint density at radius 2 is 1.27 bits per heavy atom. The number of aliphatic hydroxyl groups is 1. The topological polar surface area (TPSA) is 75.6 Å². The molecular weight excluding hydrogens is 676 g/mol. The Morgan fingerprint density at radius 1 is 0.712 bits per heavy atom. The van der Waals surface area contributed by atoms with Gasteiger partial charge in [0.25, 0.3) is 0 Å². The molecule has 0 aromatic heterocycles. The van der Waals surface area contributed by atoms with Crippen LogP contribution < -0.4 is 4.74 Å². The van der Waals surface area contributed by atoms with E-state index in [1.54, 1.807) is 6.92 Å². The highest BCUT2D eigenvalue weighted by molar-refractivity contribution is 6.31. The van der Waals surface area contributed by atoms with Crippen LogP contribution in [0.15, 0.2) is 133 Å². The van der Waals surface area contributed by atoms with Crippen molar-refractivity contribution in [1.29, 1.82) is 0 Å². The highest BCUT2D eigenvalue weighted by Crippen LogP contribution is 2.54. The maximum absolute atomic E-state index is 11.6. The molecule has 7 nitrogen and oxygen atoms in total. The molecule has 8 heteroatoms. The van der Waals surface area contributed by atoms with E-state index < -0.39 is 35.8 Å². The second-order valence-electron chi connectivity index (χ2n) is 13.4. The van der Waals surface area contributed by atoms with Crippen LogP contribution in [0.4, 0.5) is 0 Å². The number of hydrogen-bond donors (Lipinski definition) is 1. The molecule has 270 valence electrons. The largest absolute Gasteiger partial charge is 0.494 e. The molecule has 2 aliphatic rings. The molecule has 0 amide bonds. The predicted octanol–water partition coefficient (Wildman–Crippen LogP) is 8.42. The Balaban J connectivity index is 1.30. The second kappa shape index (κ2) is 16.3. The predicted molar refractivity (Wildman–Crippen MR) is 200 cm³/mol. The molecule has 2 saturated heterocycles. The number of hydrogen-bond acceptors (Lipinski definition) is 7. The fourth-order valence-corrected chi connectivity index (χ4v) is 7.35. The molecule has 52 heavy (non-hydrogen) atoms. The summed E-state index contributed by atoms with van der Waals surface area (Å²) in [5.41, 5.74) is 4.37. The summed E-state index contributed by atoms with van der Waals surface area (Å²) >= 11 is 6.87. The van der Waals surface area contributed by atoms with Gasteiger partial charge in [-0.3, -0.25) is 0 Å². The SMILES string of the molecule is CCOc1ccc(Cc2cc([C@]34OC[C@](C(C)O)(O3)[C@H](OCc3ccccc3)[C@H](OCc3ccccc3)[C@H]4OCc3ccccc3)ccc2Cl)cc1. The lowest BCUT2D eigenvalue weighted by Gasteiger charge is -2.52. The first-order valence-electron chi connectivity index (χ1n) is 17.9. The van der Waals surface area contributed by atoms with E-state index in [1.165, 1.54) is 0 Å². The quantitative estimate of drug-likeness (QED) is 0.116. The average molecular weight is 721 g/mol. The van der Waals surface area contributed by atoms with Crippen LogP contribution in [0.3, 0.4) is 0 Å². The summed E-state index contributed by atoms with van der Waals surface area (Å²) in [6.07, 6.45) is -2.70. The summed E-state index contributed by atoms with van der Waals surface area (Å²) in [5, 5.41) is 12.2. The van der Waals surface area contributed by atoms with Crippen LogP contribution in [0.2, 0.25) is 5.02 Å². The monoisotopic (exact) mass is 720 g/mol. The third kappa shape index (κ3) is 7.68. The van der Waals surface area contributed by atoms with E-state index in [0.717, 1.165) is 33.6 Å². The summed E-state index contributed by atoms with van der Waals surface area (Å²) in [6, 6.07) is 43.8. The lowest BCUT2D eigenvalue weighted by molar-refractivity contribution is -0.359. The zero-order valence-electron chi connectivity index (χ0n) is 29.5. The molecule has 0 radical (unpaired) electrons. The Hall–Kier alpha value is -4.05. The van der Waals surface area contributed by atoms with Crippen molar-refractivity contribution in [1.82, 2.24) is 0 Å². The maximum atomic E-state index is 11.6. The maximum Gasteiger partial charge on any atom is 0.225 e. The van der Waals surface area contributed by atoms with Crippen LogP contribution in [0.25, 0.3) is 0 Å². The van der Waals surface area contributed by atoms with Crippen molar-refractivity contribution in [2.24, 2.45) is 0 Å². The Bertz CT molecular complexity index is 1870. The van der Waals surface area contributed by atoms with Crippen molar-refractivity contribution < 1.29 is 33.5 Å². The first-order chi connectivity index (χ1) is 25.4. The molecular formula is C44H45ClO7. The highest BCUT2D eigenvalue weighted by Gasteiger charge is 2.71. The van der Waals surface area contributed by atoms with E-state index >= 15 is 0 Å². The minimum absolute atomic E-state index is 0.0529. The van der Waals surface area contributed by atoms with Crippen molar-refractivity contribution >= 4 is 11.6 Å². The molecule has 0 aliphatic carbocycles. The van der Waals surface area contributed by atoms with Crippen molar-refractivity contribution in [2.45, 2.75) is 75.9 Å². The van der Waals surface area contributed by atoms with Gasteiger partial charge in [-0.2, -0.15) is 0 Å². The molecule has 2 bridgehead atoms. The van der Waals surface area contributed by atoms with Crippen molar-refractivity contribution in [3.05, 3.63) is 172 Å². The number of rotatable bonds is 15. The second-order valence-corrected chi connectivity index (χ2v) is 13.9. The standard InChI is InChI=1S/C44H45ClO7/c1-3-47-38-22-19-32(20-23-38)25-36-26-37(21-24-39(36)45)44-42(50-29-35-17-11-6-12-18-35)40(48-27-33-13-7-4-8-14-33)41(43(52-44,30-51-44)31(2)46)49-28-34-15-9-5-10-16-34/h4-24,26,31,40-42,46H,3,25,27-30H2,1-2H3/t31?,40-,41+,42+,43+,44-/m0/s1. The minimum Gasteiger partial charge on any atom is -0.494 e. The van der Waals surface area contributed by atoms with Crippen molar-refractivity contribution in [3.8, 4) is 5.75 Å². The smallest absolute Gasteiger partial charge is 0.225 e. The van der Waals surface area contributed by atoms with Crippen molar-refractivity contribution in [3.63, 3.8) is 0 Å². The Morgan fingerprint density at radius 3 is 1.83 bits per heavy atom. The van der Waals surface area contributed by atoms with Crippen LogP contribution in [0.1, 0.15) is 47.2 Å². The molecule has 2 heterocycles. The van der Waals surface area contributed by atoms with Gasteiger partial charge in [0.2, 0.25) is 5.79 Å². The first kappa shape index (κ1) is 36.3. The third-order valence-electron chi connectivity index (χ3n) is 9.92. The van der Waals surface area contributed by atoms with Gasteiger partial charge >= 0.3 is 0 Å². The normalized spacial score (nSPS) is 24.4. The lowest BCUT2D eigenvalue weighted by Crippen LogP contribution is -2.69. The molecule has 5 aromatic rings. The fraction of sp³-hybridized carbons (Fsp3) is 0.318. The average Bonchev–Trinajstić information content (AvgIpc) is 3.55. The molecule has 2 aliphatic heterocycles. The molecule has 5 aromatic carbocycles. The molecule has 7 rings (SSSR count). The summed E-state index contributed by atoms with van der Waals surface area (Å²) in [4.78, 5) is 0. The van der Waals surface area contributed by atoms with Gasteiger partial charge in [-0.1, -0.05) is 121 Å². The number of halogens is 1. The van der Waals surface area contributed by atoms with Gasteiger partial charge < -0.3 is 33.5 Å². The third-order valence-corrected chi connectivity index (χ3v) is 10.3.